The van der Waals surface area contributed by atoms with Crippen molar-refractivity contribution < 1.29 is 79.0 Å². The first-order valence-corrected chi connectivity index (χ1v) is 35.2. The highest BCUT2D eigenvalue weighted by Gasteiger charge is 2.26. The van der Waals surface area contributed by atoms with Crippen molar-refractivity contribution in [2.75, 3.05) is 47.2 Å². The quantitative estimate of drug-likeness (QED) is 0.0634. The van der Waals surface area contributed by atoms with Crippen LogP contribution in [0.5, 0.6) is 34.5 Å². The zero-order valence-electron chi connectivity index (χ0n) is 57.6. The Morgan fingerprint density at radius 1 is 0.453 bits per heavy atom. The van der Waals surface area contributed by atoms with Gasteiger partial charge in [0.25, 0.3) is 5.91 Å². The summed E-state index contributed by atoms with van der Waals surface area (Å²) in [5.74, 6) is 10.2. The van der Waals surface area contributed by atoms with E-state index in [4.69, 9.17) is 70.4 Å². The summed E-state index contributed by atoms with van der Waals surface area (Å²) in [6.07, 6.45) is 5.53. The van der Waals surface area contributed by atoms with Gasteiger partial charge in [-0.2, -0.15) is 0 Å². The van der Waals surface area contributed by atoms with Crippen molar-refractivity contribution in [3.8, 4) is 102 Å². The topological polar surface area (TPSA) is 340 Å². The van der Waals surface area contributed by atoms with Gasteiger partial charge in [0.2, 0.25) is 11.5 Å². The van der Waals surface area contributed by atoms with E-state index in [1.165, 1.54) is 34.0 Å². The molecule has 0 saturated carbocycles. The molecule has 26 nitrogen and oxygen atoms in total. The first-order chi connectivity index (χ1) is 51.6. The van der Waals surface area contributed by atoms with Gasteiger partial charge in [0, 0.05) is 18.2 Å². The number of aromatic nitrogens is 8. The number of aryl methyl sites for hydroxylation is 5. The number of rotatable bonds is 15. The maximum atomic E-state index is 11.6. The van der Waals surface area contributed by atoms with Crippen molar-refractivity contribution in [3.63, 3.8) is 0 Å². The van der Waals surface area contributed by atoms with Crippen molar-refractivity contribution in [3.05, 3.63) is 190 Å². The molecule has 2 aliphatic heterocycles. The highest BCUT2D eigenvalue weighted by atomic mass is 32.1. The molecule has 0 unspecified atom stereocenters. The van der Waals surface area contributed by atoms with Crippen molar-refractivity contribution >= 4 is 106 Å². The zero-order valence-corrected chi connectivity index (χ0v) is 60.0. The molecule has 2 atom stereocenters. The lowest BCUT2D eigenvalue weighted by atomic mass is 10.2. The minimum Gasteiger partial charge on any atom is -0.507 e. The van der Waals surface area contributed by atoms with Crippen LogP contribution in [-0.4, -0.2) is 116 Å². The summed E-state index contributed by atoms with van der Waals surface area (Å²) in [4.78, 5) is 11.6. The number of methoxy groups -OCH3 is 2. The van der Waals surface area contributed by atoms with E-state index in [1.807, 2.05) is 120 Å². The number of phenolic OH excluding ortho intramolecular Hbond substituents is 2. The molecule has 0 spiro atoms. The molecule has 106 heavy (non-hydrogen) atoms. The van der Waals surface area contributed by atoms with E-state index in [0.29, 0.717) is 75.3 Å². The summed E-state index contributed by atoms with van der Waals surface area (Å²) < 4.78 is 76.5. The SMILES string of the molecule is C#CCNC(=O)c1cc2c(OC)cccc2o1.COc1cccc2oc(-c3nnc(C)s3)cc12.Cc1cc(-c2cc3c(O)cccc3o2)on1.Cc1cc(-c2cc3c(OC[C@@H]4CO4)cccc3o2)on1.Cc1nnc(-c2cc3c(O)cccc3o2)s1.Cc1nnc(-c2cc3c(OC[C@@H]4CO4)cccc3o2)s1. The average molecular weight is 1480 g/mol. The summed E-state index contributed by atoms with van der Waals surface area (Å²) in [7, 11) is 3.22. The number of epoxide rings is 2. The summed E-state index contributed by atoms with van der Waals surface area (Å²) in [5, 5.41) is 63.6. The lowest BCUT2D eigenvalue weighted by Gasteiger charge is -2.04. The van der Waals surface area contributed by atoms with Gasteiger partial charge in [-0.3, -0.25) is 4.79 Å². The molecular weight excluding hydrogens is 1420 g/mol. The molecule has 17 aromatic rings. The molecule has 6 aromatic carbocycles. The molecule has 0 radical (unpaired) electrons. The normalized spacial score (nSPS) is 13.3. The molecule has 19 rings (SSSR count). The summed E-state index contributed by atoms with van der Waals surface area (Å²) in [6, 6.07) is 47.6. The molecule has 2 aliphatic rings. The van der Waals surface area contributed by atoms with E-state index < -0.39 is 0 Å². The molecule has 536 valence electrons. The molecule has 2 fully saturated rings. The Kier molecular flexibility index (Phi) is 21.0. The predicted molar refractivity (Wildman–Crippen MR) is 397 cm³/mol. The van der Waals surface area contributed by atoms with E-state index in [0.717, 1.165) is 122 Å². The number of carbonyl (C=O) groups is 1. The van der Waals surface area contributed by atoms with Gasteiger partial charge >= 0.3 is 0 Å². The van der Waals surface area contributed by atoms with Crippen LogP contribution in [0.3, 0.4) is 0 Å². The first kappa shape index (κ1) is 70.4. The molecule has 0 aliphatic carbocycles. The Labute approximate surface area is 613 Å². The Bertz CT molecular complexity index is 5700. The van der Waals surface area contributed by atoms with E-state index in [-0.39, 0.29) is 41.9 Å². The molecule has 13 heterocycles. The third-order valence-corrected chi connectivity index (χ3v) is 18.3. The number of nitrogens with zero attached hydrogens (tertiary/aromatic N) is 8. The van der Waals surface area contributed by atoms with Crippen LogP contribution in [0.4, 0.5) is 0 Å². The fourth-order valence-electron chi connectivity index (χ4n) is 10.6. The predicted octanol–water partition coefficient (Wildman–Crippen LogP) is 17.4. The second kappa shape index (κ2) is 31.6. The number of terminal acetylenes is 1. The third-order valence-electron chi connectivity index (χ3n) is 15.8. The number of nitrogens with one attached hydrogen (secondary N) is 1. The number of aromatic hydroxyl groups is 2. The minimum absolute atomic E-state index is 0.174. The summed E-state index contributed by atoms with van der Waals surface area (Å²) in [5.41, 5.74) is 5.86. The fraction of sp³-hybridized carbons (Fsp3) is 0.182. The number of benzene rings is 6. The Morgan fingerprint density at radius 2 is 0.792 bits per heavy atom. The van der Waals surface area contributed by atoms with Crippen molar-refractivity contribution in [2.24, 2.45) is 0 Å². The van der Waals surface area contributed by atoms with Crippen molar-refractivity contribution in [2.45, 2.75) is 46.8 Å². The maximum Gasteiger partial charge on any atom is 0.287 e. The Balaban J connectivity index is 0.000000107. The van der Waals surface area contributed by atoms with Gasteiger partial charge in [-0.15, -0.1) is 37.0 Å². The first-order valence-electron chi connectivity index (χ1n) is 32.7. The Morgan fingerprint density at radius 3 is 1.15 bits per heavy atom. The van der Waals surface area contributed by atoms with Gasteiger partial charge in [0.15, 0.2) is 49.6 Å². The molecular formula is C77H63N9O17S3. The van der Waals surface area contributed by atoms with Crippen molar-refractivity contribution in [1.82, 2.24) is 46.2 Å². The lowest BCUT2D eigenvalue weighted by Crippen LogP contribution is -2.22. The second-order valence-corrected chi connectivity index (χ2v) is 27.1. The van der Waals surface area contributed by atoms with Crippen LogP contribution in [0.2, 0.25) is 0 Å². The van der Waals surface area contributed by atoms with Gasteiger partial charge in [-0.1, -0.05) is 86.6 Å². The van der Waals surface area contributed by atoms with E-state index in [1.54, 1.807) is 87.0 Å². The fourth-order valence-corrected chi connectivity index (χ4v) is 12.5. The standard InChI is InChI=1S/C15H13NO4.C14H12N2O3S.C13H11NO3.C12H10N2O2S.C12H9NO3.C11H8N2O2S/c1-9-5-15(20-16-9)14-6-11-12(18-8-10-7-17-10)3-2-4-13(11)19-14;1-8-15-16-14(20-8)13-5-10-11(18-7-9-6-17-9)3-2-4-12(10)19-13;1-3-7-14-13(15)12-8-9-10(16-2)5-4-6-11(9)17-12;1-7-13-14-12(17-7)11-6-8-9(15-2)4-3-5-10(8)16-11;1-7-5-12(16-13-7)11-6-8-9(14)3-2-4-10(8)15-11;1-6-12-13-11(16-6)10-5-7-8(14)3-2-4-9(7)15-10/h2-6,10H,7-8H2,1H3;2-5,9H,6-7H2,1H3;1,4-6,8H,7H2,2H3,(H,14,15);3-6H,1-2H3;2-6,14H,1H3;2-5,14H,1H3/t10-;9-;;;;/m00..../s1. The molecule has 11 aromatic heterocycles. The number of hydrogen-bond acceptors (Lipinski definition) is 28. The minimum atomic E-state index is -0.332. The van der Waals surface area contributed by atoms with Gasteiger partial charge in [0.05, 0.1) is 77.7 Å². The van der Waals surface area contributed by atoms with Crippen LogP contribution in [0, 0.1) is 47.0 Å². The largest absolute Gasteiger partial charge is 0.507 e. The zero-order chi connectivity index (χ0) is 73.4. The molecule has 3 N–H and O–H groups in total. The monoisotopic (exact) mass is 1480 g/mol. The third kappa shape index (κ3) is 16.6. The smallest absolute Gasteiger partial charge is 0.287 e. The molecule has 2 saturated heterocycles. The highest BCUT2D eigenvalue weighted by Crippen LogP contribution is 2.40. The van der Waals surface area contributed by atoms with Crippen molar-refractivity contribution in [1.29, 1.82) is 0 Å². The molecule has 29 heteroatoms. The number of phenols is 2. The van der Waals surface area contributed by atoms with Crippen LogP contribution in [0.15, 0.2) is 193 Å². The molecule has 1 amide bonds. The van der Waals surface area contributed by atoms with Gasteiger partial charge in [0.1, 0.15) is 108 Å². The number of amides is 1. The summed E-state index contributed by atoms with van der Waals surface area (Å²) >= 11 is 4.49. The highest BCUT2D eigenvalue weighted by molar-refractivity contribution is 7.15. The van der Waals surface area contributed by atoms with Gasteiger partial charge < -0.3 is 79.5 Å². The van der Waals surface area contributed by atoms with Crippen LogP contribution >= 0.6 is 34.0 Å². The lowest BCUT2D eigenvalue weighted by molar-refractivity contribution is 0.0933. The number of hydrogen-bond donors (Lipinski definition) is 3. The number of ether oxygens (including phenoxy) is 6. The van der Waals surface area contributed by atoms with Crippen LogP contribution in [0.25, 0.3) is 121 Å². The van der Waals surface area contributed by atoms with E-state index in [9.17, 15) is 15.0 Å². The number of furan rings is 6. The van der Waals surface area contributed by atoms with Crippen LogP contribution in [-0.2, 0) is 9.47 Å². The second-order valence-electron chi connectivity index (χ2n) is 23.6. The van der Waals surface area contributed by atoms with E-state index in [2.05, 4.69) is 52.1 Å². The van der Waals surface area contributed by atoms with Crippen LogP contribution in [0.1, 0.15) is 37.0 Å². The summed E-state index contributed by atoms with van der Waals surface area (Å²) in [6.45, 7) is 12.3. The average Bonchev–Trinajstić information content (AvgIpc) is 1.67. The van der Waals surface area contributed by atoms with Crippen LogP contribution < -0.4 is 24.3 Å². The number of carbonyl (C=O) groups excluding carboxylic acids is 1. The maximum absolute atomic E-state index is 11.6. The Hall–Kier alpha value is -12.6. The van der Waals surface area contributed by atoms with E-state index >= 15 is 0 Å². The van der Waals surface area contributed by atoms with Gasteiger partial charge in [-0.25, -0.2) is 0 Å². The number of fused-ring (bicyclic) bond motifs is 6. The molecule has 0 bridgehead atoms. The van der Waals surface area contributed by atoms with Gasteiger partial charge in [-0.05, 0) is 138 Å².